The first-order chi connectivity index (χ1) is 7.54. The standard InChI is InChI=1S/C9H10N2O5/c10-9(13)5-16-8-2-1-7(11(14)15)3-6(8)4-12/h1-3,12H,4-5H2,(H2,10,13). The minimum atomic E-state index is -0.665. The average Bonchev–Trinajstić information content (AvgIpc) is 2.25. The lowest BCUT2D eigenvalue weighted by molar-refractivity contribution is -0.385. The topological polar surface area (TPSA) is 116 Å². The second-order valence-electron chi connectivity index (χ2n) is 2.96. The van der Waals surface area contributed by atoms with Crippen molar-refractivity contribution in [2.75, 3.05) is 6.61 Å². The molecule has 0 aliphatic rings. The van der Waals surface area contributed by atoms with Crippen LogP contribution in [0.15, 0.2) is 18.2 Å². The van der Waals surface area contributed by atoms with Crippen molar-refractivity contribution in [3.63, 3.8) is 0 Å². The zero-order chi connectivity index (χ0) is 12.1. The molecule has 0 saturated carbocycles. The highest BCUT2D eigenvalue weighted by atomic mass is 16.6. The van der Waals surface area contributed by atoms with Gasteiger partial charge in [-0.25, -0.2) is 0 Å². The van der Waals surface area contributed by atoms with Gasteiger partial charge in [0.15, 0.2) is 6.61 Å². The molecule has 7 nitrogen and oxygen atoms in total. The first-order valence-electron chi connectivity index (χ1n) is 4.34. The maximum atomic E-state index is 10.5. The average molecular weight is 226 g/mol. The number of non-ortho nitro benzene ring substituents is 1. The number of ether oxygens (including phenoxy) is 1. The second kappa shape index (κ2) is 5.08. The van der Waals surface area contributed by atoms with Crippen LogP contribution in [0.25, 0.3) is 0 Å². The summed E-state index contributed by atoms with van der Waals surface area (Å²) in [5.41, 5.74) is 4.95. The summed E-state index contributed by atoms with van der Waals surface area (Å²) in [7, 11) is 0. The normalized spacial score (nSPS) is 9.81. The molecular weight excluding hydrogens is 216 g/mol. The van der Waals surface area contributed by atoms with E-state index in [0.29, 0.717) is 0 Å². The van der Waals surface area contributed by atoms with Gasteiger partial charge in [-0.2, -0.15) is 0 Å². The number of aliphatic hydroxyl groups excluding tert-OH is 1. The molecule has 1 amide bonds. The fraction of sp³-hybridized carbons (Fsp3) is 0.222. The molecule has 0 heterocycles. The van der Waals surface area contributed by atoms with Crippen molar-refractivity contribution in [2.45, 2.75) is 6.61 Å². The van der Waals surface area contributed by atoms with Gasteiger partial charge in [-0.1, -0.05) is 0 Å². The maximum Gasteiger partial charge on any atom is 0.270 e. The van der Waals surface area contributed by atoms with E-state index in [2.05, 4.69) is 0 Å². The number of nitrogens with two attached hydrogens (primary N) is 1. The molecule has 0 bridgehead atoms. The van der Waals surface area contributed by atoms with Gasteiger partial charge in [-0.05, 0) is 6.07 Å². The summed E-state index contributed by atoms with van der Waals surface area (Å²) in [6.45, 7) is -0.763. The summed E-state index contributed by atoms with van der Waals surface area (Å²) in [5.74, 6) is -0.464. The van der Waals surface area contributed by atoms with Gasteiger partial charge in [-0.3, -0.25) is 14.9 Å². The van der Waals surface area contributed by atoms with E-state index in [4.69, 9.17) is 15.6 Å². The van der Waals surface area contributed by atoms with E-state index < -0.39 is 17.4 Å². The van der Waals surface area contributed by atoms with E-state index in [1.165, 1.54) is 18.2 Å². The highest BCUT2D eigenvalue weighted by molar-refractivity contribution is 5.75. The summed E-state index contributed by atoms with van der Waals surface area (Å²) in [6.07, 6.45) is 0. The van der Waals surface area contributed by atoms with Crippen LogP contribution in [0.5, 0.6) is 5.75 Å². The van der Waals surface area contributed by atoms with Crippen molar-refractivity contribution in [1.82, 2.24) is 0 Å². The molecule has 0 unspecified atom stereocenters. The minimum absolute atomic E-state index is 0.157. The number of rotatable bonds is 5. The van der Waals surface area contributed by atoms with Crippen LogP contribution in [-0.4, -0.2) is 22.5 Å². The molecule has 0 fully saturated rings. The van der Waals surface area contributed by atoms with Crippen LogP contribution in [0.4, 0.5) is 5.69 Å². The third kappa shape index (κ3) is 2.92. The van der Waals surface area contributed by atoms with E-state index in [1.807, 2.05) is 0 Å². The molecule has 1 rings (SSSR count). The lowest BCUT2D eigenvalue weighted by Crippen LogP contribution is -2.20. The number of hydrogen-bond donors (Lipinski definition) is 2. The number of nitro groups is 1. The number of aliphatic hydroxyl groups is 1. The SMILES string of the molecule is NC(=O)COc1ccc([N+](=O)[O-])cc1CO. The number of carbonyl (C=O) groups is 1. The lowest BCUT2D eigenvalue weighted by atomic mass is 10.2. The number of primary amides is 1. The van der Waals surface area contributed by atoms with Crippen molar-refractivity contribution in [1.29, 1.82) is 0 Å². The summed E-state index contributed by atoms with van der Waals surface area (Å²) >= 11 is 0. The minimum Gasteiger partial charge on any atom is -0.483 e. The Hall–Kier alpha value is -2.15. The Morgan fingerprint density at radius 2 is 2.25 bits per heavy atom. The fourth-order valence-electron chi connectivity index (χ4n) is 1.09. The monoisotopic (exact) mass is 226 g/mol. The summed E-state index contributed by atoms with van der Waals surface area (Å²) < 4.78 is 4.97. The number of benzene rings is 1. The highest BCUT2D eigenvalue weighted by Crippen LogP contribution is 2.24. The van der Waals surface area contributed by atoms with Gasteiger partial charge in [0.25, 0.3) is 11.6 Å². The third-order valence-corrected chi connectivity index (χ3v) is 1.80. The maximum absolute atomic E-state index is 10.5. The Bertz CT molecular complexity index is 418. The summed E-state index contributed by atoms with van der Waals surface area (Å²) in [5, 5.41) is 19.4. The molecule has 1 aromatic carbocycles. The predicted molar refractivity (Wildman–Crippen MR) is 53.7 cm³/mol. The van der Waals surface area contributed by atoms with Gasteiger partial charge in [-0.15, -0.1) is 0 Å². The number of nitrogens with zero attached hydrogens (tertiary/aromatic N) is 1. The zero-order valence-electron chi connectivity index (χ0n) is 8.25. The molecule has 0 aliphatic heterocycles. The Morgan fingerprint density at radius 1 is 1.56 bits per heavy atom. The van der Waals surface area contributed by atoms with Gasteiger partial charge in [0.1, 0.15) is 5.75 Å². The van der Waals surface area contributed by atoms with E-state index in [9.17, 15) is 14.9 Å². The van der Waals surface area contributed by atoms with Crippen LogP contribution in [0.1, 0.15) is 5.56 Å². The molecular formula is C9H10N2O5. The second-order valence-corrected chi connectivity index (χ2v) is 2.96. The molecule has 86 valence electrons. The molecule has 0 aromatic heterocycles. The van der Waals surface area contributed by atoms with E-state index in [0.717, 1.165) is 0 Å². The molecule has 0 aliphatic carbocycles. The first-order valence-corrected chi connectivity index (χ1v) is 4.34. The lowest BCUT2D eigenvalue weighted by Gasteiger charge is -2.07. The van der Waals surface area contributed by atoms with Gasteiger partial charge in [0.05, 0.1) is 11.5 Å². The van der Waals surface area contributed by atoms with Crippen molar-refractivity contribution in [3.8, 4) is 5.75 Å². The number of hydrogen-bond acceptors (Lipinski definition) is 5. The van der Waals surface area contributed by atoms with Crippen LogP contribution in [0.2, 0.25) is 0 Å². The number of amides is 1. The predicted octanol–water partition coefficient (Wildman–Crippen LogP) is -0.0488. The Morgan fingerprint density at radius 3 is 2.75 bits per heavy atom. The summed E-state index contributed by atoms with van der Waals surface area (Å²) in [4.78, 5) is 20.3. The quantitative estimate of drug-likeness (QED) is 0.539. The molecule has 7 heteroatoms. The Labute approximate surface area is 90.6 Å². The zero-order valence-corrected chi connectivity index (χ0v) is 8.25. The Balaban J connectivity index is 2.93. The van der Waals surface area contributed by atoms with Gasteiger partial charge in [0.2, 0.25) is 0 Å². The van der Waals surface area contributed by atoms with E-state index in [1.54, 1.807) is 0 Å². The van der Waals surface area contributed by atoms with Gasteiger partial charge >= 0.3 is 0 Å². The van der Waals surface area contributed by atoms with Crippen molar-refractivity contribution >= 4 is 11.6 Å². The Kier molecular flexibility index (Phi) is 3.78. The van der Waals surface area contributed by atoms with E-state index in [-0.39, 0.29) is 23.6 Å². The van der Waals surface area contributed by atoms with Gasteiger partial charge in [0, 0.05) is 17.7 Å². The molecule has 1 aromatic rings. The highest BCUT2D eigenvalue weighted by Gasteiger charge is 2.11. The largest absolute Gasteiger partial charge is 0.483 e. The van der Waals surface area contributed by atoms with Crippen molar-refractivity contribution < 1.29 is 19.6 Å². The molecule has 0 saturated heterocycles. The molecule has 16 heavy (non-hydrogen) atoms. The number of nitro benzene ring substituents is 1. The van der Waals surface area contributed by atoms with Crippen LogP contribution in [-0.2, 0) is 11.4 Å². The molecule has 0 radical (unpaired) electrons. The molecule has 3 N–H and O–H groups in total. The fourth-order valence-corrected chi connectivity index (χ4v) is 1.09. The van der Waals surface area contributed by atoms with Crippen molar-refractivity contribution in [2.24, 2.45) is 5.73 Å². The van der Waals surface area contributed by atoms with Crippen LogP contribution in [0.3, 0.4) is 0 Å². The summed E-state index contributed by atoms with van der Waals surface area (Å²) in [6, 6.07) is 3.71. The van der Waals surface area contributed by atoms with Crippen LogP contribution < -0.4 is 10.5 Å². The third-order valence-electron chi connectivity index (χ3n) is 1.80. The van der Waals surface area contributed by atoms with Crippen LogP contribution in [0, 0.1) is 10.1 Å². The van der Waals surface area contributed by atoms with Crippen LogP contribution >= 0.6 is 0 Å². The van der Waals surface area contributed by atoms with E-state index >= 15 is 0 Å². The first kappa shape index (κ1) is 11.9. The molecule has 0 atom stereocenters. The van der Waals surface area contributed by atoms with Crippen molar-refractivity contribution in [3.05, 3.63) is 33.9 Å². The smallest absolute Gasteiger partial charge is 0.270 e. The van der Waals surface area contributed by atoms with Gasteiger partial charge < -0.3 is 15.6 Å². The number of carbonyl (C=O) groups excluding carboxylic acids is 1. The molecule has 0 spiro atoms.